The van der Waals surface area contributed by atoms with E-state index in [0.29, 0.717) is 11.4 Å². The first kappa shape index (κ1) is 13.5. The van der Waals surface area contributed by atoms with Crippen molar-refractivity contribution in [2.75, 3.05) is 13.6 Å². The molecule has 1 atom stereocenters. The lowest BCUT2D eigenvalue weighted by Gasteiger charge is -2.17. The highest BCUT2D eigenvalue weighted by Crippen LogP contribution is 2.27. The zero-order valence-corrected chi connectivity index (χ0v) is 12.5. The molecule has 0 aliphatic carbocycles. The van der Waals surface area contributed by atoms with E-state index < -0.39 is 0 Å². The molecule has 0 radical (unpaired) electrons. The van der Waals surface area contributed by atoms with E-state index in [1.165, 1.54) is 23.5 Å². The minimum Gasteiger partial charge on any atom is -0.340 e. The number of carbonyl (C=O) groups excluding carboxylic acids is 1. The summed E-state index contributed by atoms with van der Waals surface area (Å²) >= 11 is 4.75. The number of halogens is 2. The van der Waals surface area contributed by atoms with Crippen LogP contribution in [0.1, 0.15) is 16.6 Å². The summed E-state index contributed by atoms with van der Waals surface area (Å²) in [6.45, 7) is 2.63. The number of thiophene rings is 1. The average molecular weight is 330 g/mol. The van der Waals surface area contributed by atoms with Gasteiger partial charge in [0.2, 0.25) is 0 Å². The van der Waals surface area contributed by atoms with Gasteiger partial charge < -0.3 is 4.90 Å². The van der Waals surface area contributed by atoms with Crippen LogP contribution in [0.15, 0.2) is 24.3 Å². The molecule has 96 valence electrons. The Morgan fingerprint density at radius 3 is 2.89 bits per heavy atom. The Kier molecular flexibility index (Phi) is 4.02. The second-order valence-corrected chi connectivity index (χ2v) is 6.91. The summed E-state index contributed by atoms with van der Waals surface area (Å²) < 4.78 is 13.9. The Balaban J connectivity index is 2.28. The Bertz CT molecular complexity index is 581. The predicted octanol–water partition coefficient (Wildman–Crippen LogP) is 3.90. The predicted molar refractivity (Wildman–Crippen MR) is 77.1 cm³/mol. The summed E-state index contributed by atoms with van der Waals surface area (Å²) in [6, 6.07) is 6.39. The lowest BCUT2D eigenvalue weighted by molar-refractivity contribution is 0.0802. The van der Waals surface area contributed by atoms with Crippen molar-refractivity contribution >= 4 is 43.3 Å². The molecule has 0 aliphatic heterocycles. The molecule has 0 aliphatic rings. The van der Waals surface area contributed by atoms with Crippen molar-refractivity contribution in [2.24, 2.45) is 0 Å². The number of benzene rings is 1. The Hall–Kier alpha value is -0.940. The lowest BCUT2D eigenvalue weighted by atomic mass is 10.2. The van der Waals surface area contributed by atoms with E-state index in [1.807, 2.05) is 13.0 Å². The zero-order chi connectivity index (χ0) is 13.3. The number of carbonyl (C=O) groups is 1. The van der Waals surface area contributed by atoms with E-state index >= 15 is 0 Å². The number of amides is 1. The van der Waals surface area contributed by atoms with Gasteiger partial charge in [-0.1, -0.05) is 28.9 Å². The molecule has 18 heavy (non-hydrogen) atoms. The van der Waals surface area contributed by atoms with Gasteiger partial charge in [-0.15, -0.1) is 11.3 Å². The largest absolute Gasteiger partial charge is 0.340 e. The summed E-state index contributed by atoms with van der Waals surface area (Å²) in [4.78, 5) is 14.7. The van der Waals surface area contributed by atoms with Crippen LogP contribution < -0.4 is 0 Å². The highest BCUT2D eigenvalue weighted by molar-refractivity contribution is 9.09. The molecule has 1 aromatic carbocycles. The van der Waals surface area contributed by atoms with Crippen molar-refractivity contribution in [1.29, 1.82) is 0 Å². The summed E-state index contributed by atoms with van der Waals surface area (Å²) in [5.74, 6) is -0.298. The molecule has 0 bridgehead atoms. The monoisotopic (exact) mass is 329 g/mol. The maximum atomic E-state index is 13.1. The van der Waals surface area contributed by atoms with E-state index in [0.717, 1.165) is 10.1 Å². The van der Waals surface area contributed by atoms with Crippen molar-refractivity contribution in [3.05, 3.63) is 35.0 Å². The lowest BCUT2D eigenvalue weighted by Crippen LogP contribution is -2.30. The number of nitrogens with zero attached hydrogens (tertiary/aromatic N) is 1. The third-order valence-corrected chi connectivity index (χ3v) is 3.94. The number of hydrogen-bond donors (Lipinski definition) is 0. The second kappa shape index (κ2) is 5.36. The van der Waals surface area contributed by atoms with Crippen LogP contribution >= 0.6 is 27.3 Å². The van der Waals surface area contributed by atoms with Crippen molar-refractivity contribution in [3.63, 3.8) is 0 Å². The first-order valence-corrected chi connectivity index (χ1v) is 7.29. The van der Waals surface area contributed by atoms with Crippen LogP contribution in [-0.2, 0) is 0 Å². The van der Waals surface area contributed by atoms with Gasteiger partial charge in [0.1, 0.15) is 5.82 Å². The molecule has 0 N–H and O–H groups in total. The summed E-state index contributed by atoms with van der Waals surface area (Å²) in [6.07, 6.45) is 0. The molecular weight excluding hydrogens is 317 g/mol. The summed E-state index contributed by atoms with van der Waals surface area (Å²) in [5, 5.41) is 0.907. The van der Waals surface area contributed by atoms with Gasteiger partial charge in [0, 0.05) is 23.1 Å². The van der Waals surface area contributed by atoms with Crippen LogP contribution in [0.3, 0.4) is 0 Å². The Labute approximate surface area is 118 Å². The fraction of sp³-hybridized carbons (Fsp3) is 0.308. The quantitative estimate of drug-likeness (QED) is 0.782. The van der Waals surface area contributed by atoms with E-state index in [-0.39, 0.29) is 16.6 Å². The SMILES string of the molecule is CC(Br)CN(C)C(=O)c1cc2ccc(F)cc2s1. The average Bonchev–Trinajstić information content (AvgIpc) is 2.69. The first-order valence-electron chi connectivity index (χ1n) is 5.56. The number of hydrogen-bond acceptors (Lipinski definition) is 2. The molecule has 2 nitrogen and oxygen atoms in total. The standard InChI is InChI=1S/C13H13BrFNOS/c1-8(14)7-16(2)13(17)12-5-9-3-4-10(15)6-11(9)18-12/h3-6,8H,7H2,1-2H3. The molecule has 1 aromatic heterocycles. The van der Waals surface area contributed by atoms with Gasteiger partial charge in [0.25, 0.3) is 5.91 Å². The number of alkyl halides is 1. The van der Waals surface area contributed by atoms with Gasteiger partial charge in [0.05, 0.1) is 4.88 Å². The molecule has 0 saturated heterocycles. The molecule has 1 heterocycles. The first-order chi connectivity index (χ1) is 8.47. The van der Waals surface area contributed by atoms with Crippen LogP contribution in [0.4, 0.5) is 4.39 Å². The minimum atomic E-state index is -0.272. The van der Waals surface area contributed by atoms with Crippen molar-refractivity contribution in [2.45, 2.75) is 11.8 Å². The van der Waals surface area contributed by atoms with Crippen molar-refractivity contribution in [1.82, 2.24) is 4.90 Å². The fourth-order valence-electron chi connectivity index (χ4n) is 1.76. The van der Waals surface area contributed by atoms with E-state index in [2.05, 4.69) is 15.9 Å². The normalized spacial score (nSPS) is 12.7. The van der Waals surface area contributed by atoms with Gasteiger partial charge in [-0.25, -0.2) is 4.39 Å². The zero-order valence-electron chi connectivity index (χ0n) is 10.1. The van der Waals surface area contributed by atoms with Gasteiger partial charge in [0.15, 0.2) is 0 Å². The number of fused-ring (bicyclic) bond motifs is 1. The molecule has 1 unspecified atom stereocenters. The van der Waals surface area contributed by atoms with Crippen molar-refractivity contribution in [3.8, 4) is 0 Å². The van der Waals surface area contributed by atoms with Gasteiger partial charge in [-0.05, 0) is 23.6 Å². The van der Waals surface area contributed by atoms with E-state index in [9.17, 15) is 9.18 Å². The molecular formula is C13H13BrFNOS. The third kappa shape index (κ3) is 2.90. The molecule has 1 amide bonds. The molecule has 2 rings (SSSR count). The van der Waals surface area contributed by atoms with Crippen LogP contribution in [0.5, 0.6) is 0 Å². The topological polar surface area (TPSA) is 20.3 Å². The van der Waals surface area contributed by atoms with Crippen LogP contribution in [0.25, 0.3) is 10.1 Å². The molecule has 0 spiro atoms. The molecule has 0 saturated carbocycles. The van der Waals surface area contributed by atoms with E-state index in [1.54, 1.807) is 18.0 Å². The fourth-order valence-corrected chi connectivity index (χ4v) is 3.28. The Morgan fingerprint density at radius 1 is 1.50 bits per heavy atom. The minimum absolute atomic E-state index is 0.0251. The Morgan fingerprint density at radius 2 is 2.22 bits per heavy atom. The molecule has 0 fully saturated rings. The van der Waals surface area contributed by atoms with Gasteiger partial charge in [-0.3, -0.25) is 4.79 Å². The maximum Gasteiger partial charge on any atom is 0.263 e. The van der Waals surface area contributed by atoms with Crippen molar-refractivity contribution < 1.29 is 9.18 Å². The maximum absolute atomic E-state index is 13.1. The summed E-state index contributed by atoms with van der Waals surface area (Å²) in [7, 11) is 1.77. The molecule has 2 aromatic rings. The third-order valence-electron chi connectivity index (χ3n) is 2.57. The van der Waals surface area contributed by atoms with Crippen LogP contribution in [-0.4, -0.2) is 29.2 Å². The highest BCUT2D eigenvalue weighted by Gasteiger charge is 2.16. The smallest absolute Gasteiger partial charge is 0.263 e. The molecule has 5 heteroatoms. The number of rotatable bonds is 3. The summed E-state index contributed by atoms with van der Waals surface area (Å²) in [5.41, 5.74) is 0. The van der Waals surface area contributed by atoms with Gasteiger partial charge in [-0.2, -0.15) is 0 Å². The van der Waals surface area contributed by atoms with E-state index in [4.69, 9.17) is 0 Å². The van der Waals surface area contributed by atoms with Crippen LogP contribution in [0, 0.1) is 5.82 Å². The highest BCUT2D eigenvalue weighted by atomic mass is 79.9. The van der Waals surface area contributed by atoms with Crippen LogP contribution in [0.2, 0.25) is 0 Å². The van der Waals surface area contributed by atoms with Gasteiger partial charge >= 0.3 is 0 Å². The second-order valence-electron chi connectivity index (χ2n) is 4.26.